The van der Waals surface area contributed by atoms with Gasteiger partial charge in [-0.05, 0) is 6.42 Å². The zero-order valence-corrected chi connectivity index (χ0v) is 7.53. The lowest BCUT2D eigenvalue weighted by atomic mass is 10.1. The molecule has 12 heavy (non-hydrogen) atoms. The van der Waals surface area contributed by atoms with Crippen molar-refractivity contribution in [2.45, 2.75) is 13.3 Å². The minimum atomic E-state index is -3.75. The van der Waals surface area contributed by atoms with Gasteiger partial charge in [0.2, 0.25) is 0 Å². The van der Waals surface area contributed by atoms with Crippen LogP contribution in [-0.4, -0.2) is 22.1 Å². The zero-order chi connectivity index (χ0) is 9.78. The lowest BCUT2D eigenvalue weighted by Crippen LogP contribution is -2.12. The maximum atomic E-state index is 10.7. The number of rotatable bonds is 5. The molecule has 0 aromatic heterocycles. The second-order valence-electron chi connectivity index (χ2n) is 2.49. The summed E-state index contributed by atoms with van der Waals surface area (Å²) in [5.41, 5.74) is 0. The first-order valence-electron chi connectivity index (χ1n) is 3.32. The molecule has 0 aromatic rings. The maximum Gasteiger partial charge on any atom is 0.344 e. The Labute approximate surface area is 69.8 Å². The van der Waals surface area contributed by atoms with E-state index in [1.54, 1.807) is 0 Å². The van der Waals surface area contributed by atoms with Crippen LogP contribution in [0.15, 0.2) is 0 Å². The highest BCUT2D eigenvalue weighted by atomic mass is 31.2. The Kier molecular flexibility index (Phi) is 4.41. The second kappa shape index (κ2) is 4.57. The van der Waals surface area contributed by atoms with Gasteiger partial charge in [-0.15, -0.1) is 0 Å². The lowest BCUT2D eigenvalue weighted by Gasteiger charge is -2.09. The molecule has 0 aliphatic carbocycles. The van der Waals surface area contributed by atoms with Gasteiger partial charge in [0, 0.05) is 0 Å². The van der Waals surface area contributed by atoms with Gasteiger partial charge < -0.3 is 10.00 Å². The van der Waals surface area contributed by atoms with Crippen LogP contribution in [0, 0.1) is 5.92 Å². The van der Waals surface area contributed by atoms with Crippen molar-refractivity contribution in [1.82, 2.24) is 0 Å². The summed E-state index contributed by atoms with van der Waals surface area (Å²) >= 11 is 0. The first kappa shape index (κ1) is 11.6. The molecule has 0 saturated carbocycles. The number of aliphatic carboxylic acids is 1. The van der Waals surface area contributed by atoms with Gasteiger partial charge in [0.1, 0.15) is 0 Å². The molecule has 72 valence electrons. The van der Waals surface area contributed by atoms with Gasteiger partial charge in [-0.3, -0.25) is 9.36 Å². The third-order valence-corrected chi connectivity index (χ3v) is 2.58. The molecule has 0 aliphatic rings. The molecule has 0 spiro atoms. The standard InChI is InChI=1S/C5H12NO5P/c1-4(5(7)8)2-3-12(9,10)11-6/h4H,2-3,6H2,1H3,(H,7,8)(H,9,10)/t4-/m0/s1. The van der Waals surface area contributed by atoms with E-state index in [1.807, 2.05) is 0 Å². The zero-order valence-electron chi connectivity index (χ0n) is 6.64. The van der Waals surface area contributed by atoms with E-state index in [1.165, 1.54) is 6.92 Å². The Bertz CT molecular complexity index is 206. The van der Waals surface area contributed by atoms with Gasteiger partial charge in [-0.1, -0.05) is 6.92 Å². The van der Waals surface area contributed by atoms with E-state index in [2.05, 4.69) is 10.5 Å². The van der Waals surface area contributed by atoms with Gasteiger partial charge in [0.25, 0.3) is 0 Å². The van der Waals surface area contributed by atoms with Gasteiger partial charge in [0.15, 0.2) is 0 Å². The van der Waals surface area contributed by atoms with Gasteiger partial charge in [0.05, 0.1) is 12.1 Å². The number of nitrogens with two attached hydrogens (primary N) is 1. The second-order valence-corrected chi connectivity index (χ2v) is 4.43. The largest absolute Gasteiger partial charge is 0.481 e. The molecule has 0 aliphatic heterocycles. The quantitative estimate of drug-likeness (QED) is 0.428. The van der Waals surface area contributed by atoms with Crippen molar-refractivity contribution >= 4 is 13.6 Å². The van der Waals surface area contributed by atoms with E-state index in [0.717, 1.165) is 0 Å². The SMILES string of the molecule is C[C@@H](CCP(=O)(O)ON)C(=O)O. The molecule has 7 heteroatoms. The lowest BCUT2D eigenvalue weighted by molar-refractivity contribution is -0.141. The molecule has 4 N–H and O–H groups in total. The minimum absolute atomic E-state index is 0.0698. The van der Waals surface area contributed by atoms with Crippen molar-refractivity contribution < 1.29 is 24.0 Å². The molecule has 0 bridgehead atoms. The molecule has 0 rings (SSSR count). The summed E-state index contributed by atoms with van der Waals surface area (Å²) in [6.45, 7) is 1.44. The predicted octanol–water partition coefficient (Wildman–Crippen LogP) is 0.173. The van der Waals surface area contributed by atoms with Crippen molar-refractivity contribution in [3.8, 4) is 0 Å². The Hall–Kier alpha value is -0.420. The molecule has 1 unspecified atom stereocenters. The van der Waals surface area contributed by atoms with Crippen LogP contribution in [0.2, 0.25) is 0 Å². The summed E-state index contributed by atoms with van der Waals surface area (Å²) in [6, 6.07) is 0. The fraction of sp³-hybridized carbons (Fsp3) is 0.800. The van der Waals surface area contributed by atoms with Crippen LogP contribution in [0.1, 0.15) is 13.3 Å². The maximum absolute atomic E-state index is 10.7. The highest BCUT2D eigenvalue weighted by Gasteiger charge is 2.21. The summed E-state index contributed by atoms with van der Waals surface area (Å²) in [5, 5.41) is 8.41. The average Bonchev–Trinajstić information content (AvgIpc) is 2.00. The fourth-order valence-electron chi connectivity index (χ4n) is 0.533. The number of carbonyl (C=O) groups is 1. The summed E-state index contributed by atoms with van der Waals surface area (Å²) in [6.07, 6.45) is -0.169. The van der Waals surface area contributed by atoms with Crippen molar-refractivity contribution in [2.24, 2.45) is 11.8 Å². The van der Waals surface area contributed by atoms with E-state index in [-0.39, 0.29) is 12.6 Å². The van der Waals surface area contributed by atoms with Crippen molar-refractivity contribution in [2.75, 3.05) is 6.16 Å². The normalized spacial score (nSPS) is 18.2. The summed E-state index contributed by atoms with van der Waals surface area (Å²) in [4.78, 5) is 19.0. The third kappa shape index (κ3) is 4.46. The first-order valence-corrected chi connectivity index (χ1v) is 5.08. The van der Waals surface area contributed by atoms with Crippen molar-refractivity contribution in [3.63, 3.8) is 0 Å². The number of carboxylic acid groups (broad SMARTS) is 1. The van der Waals surface area contributed by atoms with Crippen molar-refractivity contribution in [1.29, 1.82) is 0 Å². The fourth-order valence-corrected chi connectivity index (χ4v) is 1.35. The predicted molar refractivity (Wildman–Crippen MR) is 41.4 cm³/mol. The van der Waals surface area contributed by atoms with E-state index in [0.29, 0.717) is 0 Å². The van der Waals surface area contributed by atoms with Gasteiger partial charge in [-0.25, -0.2) is 10.5 Å². The van der Waals surface area contributed by atoms with E-state index in [4.69, 9.17) is 10.00 Å². The summed E-state index contributed by atoms with van der Waals surface area (Å²) in [7, 11) is -3.75. The van der Waals surface area contributed by atoms with Crippen LogP contribution in [-0.2, 0) is 14.0 Å². The molecular weight excluding hydrogens is 185 g/mol. The topological polar surface area (TPSA) is 110 Å². The summed E-state index contributed by atoms with van der Waals surface area (Å²) in [5.74, 6) is 2.83. The van der Waals surface area contributed by atoms with Crippen LogP contribution < -0.4 is 5.90 Å². The third-order valence-electron chi connectivity index (χ3n) is 1.43. The first-order chi connectivity index (χ1) is 5.39. The Morgan fingerprint density at radius 1 is 1.75 bits per heavy atom. The Morgan fingerprint density at radius 3 is 2.58 bits per heavy atom. The molecule has 0 fully saturated rings. The highest BCUT2D eigenvalue weighted by molar-refractivity contribution is 7.52. The smallest absolute Gasteiger partial charge is 0.344 e. The molecule has 0 amide bonds. The molecular formula is C5H12NO5P. The van der Waals surface area contributed by atoms with Crippen LogP contribution in [0.25, 0.3) is 0 Å². The Morgan fingerprint density at radius 2 is 2.25 bits per heavy atom. The molecule has 6 nitrogen and oxygen atoms in total. The van der Waals surface area contributed by atoms with E-state index < -0.39 is 19.5 Å². The van der Waals surface area contributed by atoms with E-state index >= 15 is 0 Å². The number of hydrogen-bond acceptors (Lipinski definition) is 4. The number of hydrogen-bond donors (Lipinski definition) is 3. The molecule has 0 heterocycles. The monoisotopic (exact) mass is 197 g/mol. The van der Waals surface area contributed by atoms with Gasteiger partial charge >= 0.3 is 13.6 Å². The molecule has 0 saturated heterocycles. The van der Waals surface area contributed by atoms with Crippen molar-refractivity contribution in [3.05, 3.63) is 0 Å². The molecule has 0 radical (unpaired) electrons. The van der Waals surface area contributed by atoms with Crippen LogP contribution in [0.5, 0.6) is 0 Å². The number of carboxylic acids is 1. The summed E-state index contributed by atoms with van der Waals surface area (Å²) < 4.78 is 14.5. The van der Waals surface area contributed by atoms with Crippen LogP contribution >= 0.6 is 7.60 Å². The van der Waals surface area contributed by atoms with Crippen LogP contribution in [0.4, 0.5) is 0 Å². The molecule has 2 atom stereocenters. The average molecular weight is 197 g/mol. The van der Waals surface area contributed by atoms with Crippen LogP contribution in [0.3, 0.4) is 0 Å². The van der Waals surface area contributed by atoms with Gasteiger partial charge in [-0.2, -0.15) is 0 Å². The molecule has 0 aromatic carbocycles. The highest BCUT2D eigenvalue weighted by Crippen LogP contribution is 2.40. The minimum Gasteiger partial charge on any atom is -0.481 e. The van der Waals surface area contributed by atoms with E-state index in [9.17, 15) is 9.36 Å². The Balaban J connectivity index is 3.83.